The molecule has 0 spiro atoms. The number of hydrogen-bond donors (Lipinski definition) is 0. The number of likely N-dealkylation sites (N-methyl/N-ethyl adjacent to an activating group) is 1. The molecular formula is C21H19FN4O3S2. The average Bonchev–Trinajstić information content (AvgIpc) is 3.17. The molecule has 0 aliphatic rings. The van der Waals surface area contributed by atoms with Gasteiger partial charge in [-0.25, -0.2) is 17.8 Å². The van der Waals surface area contributed by atoms with Crippen molar-refractivity contribution in [3.05, 3.63) is 76.0 Å². The number of nitrogens with zero attached hydrogens (tertiary/aromatic N) is 4. The molecule has 160 valence electrons. The van der Waals surface area contributed by atoms with Crippen molar-refractivity contribution in [3.8, 4) is 6.07 Å². The summed E-state index contributed by atoms with van der Waals surface area (Å²) in [5.74, 6) is -0.932. The van der Waals surface area contributed by atoms with Crippen LogP contribution in [0.25, 0.3) is 0 Å². The molecule has 0 bridgehead atoms. The molecule has 10 heteroatoms. The number of nitriles is 1. The Morgan fingerprint density at radius 3 is 2.35 bits per heavy atom. The fourth-order valence-corrected chi connectivity index (χ4v) is 4.55. The third-order valence-corrected chi connectivity index (χ3v) is 7.12. The van der Waals surface area contributed by atoms with Crippen LogP contribution in [0.3, 0.4) is 0 Å². The third-order valence-electron chi connectivity index (χ3n) is 4.48. The van der Waals surface area contributed by atoms with Crippen molar-refractivity contribution in [1.82, 2.24) is 9.29 Å². The summed E-state index contributed by atoms with van der Waals surface area (Å²) in [6, 6.07) is 12.8. The Bertz CT molecular complexity index is 1220. The van der Waals surface area contributed by atoms with Crippen molar-refractivity contribution in [2.24, 2.45) is 0 Å². The predicted octanol–water partition coefficient (Wildman–Crippen LogP) is 3.32. The maximum atomic E-state index is 13.4. The highest BCUT2D eigenvalue weighted by molar-refractivity contribution is 7.89. The van der Waals surface area contributed by atoms with Gasteiger partial charge in [0.2, 0.25) is 15.9 Å². The molecule has 0 saturated carbocycles. The topological polar surface area (TPSA) is 94.4 Å². The van der Waals surface area contributed by atoms with E-state index in [1.165, 1.54) is 71.8 Å². The molecule has 0 radical (unpaired) electrons. The van der Waals surface area contributed by atoms with Gasteiger partial charge in [0.15, 0.2) is 0 Å². The number of benzene rings is 2. The standard InChI is InChI=1S/C21H19FN4O3S2/c1-15-24-18(14-30-15)12-26(19-7-5-17(22)6-8-19)21(27)13-25(2)31(28,29)20-9-3-16(11-23)4-10-20/h3-10,14H,12-13H2,1-2H3. The highest BCUT2D eigenvalue weighted by Crippen LogP contribution is 2.21. The van der Waals surface area contributed by atoms with Crippen LogP contribution in [-0.4, -0.2) is 37.2 Å². The molecule has 1 heterocycles. The molecule has 1 amide bonds. The van der Waals surface area contributed by atoms with Gasteiger partial charge in [0, 0.05) is 18.1 Å². The van der Waals surface area contributed by atoms with Crippen molar-refractivity contribution >= 4 is 33.0 Å². The first kappa shape index (κ1) is 22.6. The first-order valence-electron chi connectivity index (χ1n) is 9.14. The summed E-state index contributed by atoms with van der Waals surface area (Å²) in [4.78, 5) is 18.8. The Kier molecular flexibility index (Phi) is 6.80. The molecular weight excluding hydrogens is 439 g/mol. The van der Waals surface area contributed by atoms with Crippen LogP contribution in [0.15, 0.2) is 58.8 Å². The minimum Gasteiger partial charge on any atom is -0.305 e. The van der Waals surface area contributed by atoms with E-state index in [4.69, 9.17) is 5.26 Å². The van der Waals surface area contributed by atoms with Crippen molar-refractivity contribution in [1.29, 1.82) is 5.26 Å². The summed E-state index contributed by atoms with van der Waals surface area (Å²) in [6.07, 6.45) is 0. The van der Waals surface area contributed by atoms with Crippen LogP contribution in [0.1, 0.15) is 16.3 Å². The summed E-state index contributed by atoms with van der Waals surface area (Å²) < 4.78 is 40.0. The number of carbonyl (C=O) groups is 1. The highest BCUT2D eigenvalue weighted by Gasteiger charge is 2.26. The zero-order chi connectivity index (χ0) is 22.6. The van der Waals surface area contributed by atoms with Crippen molar-refractivity contribution in [3.63, 3.8) is 0 Å². The number of aromatic nitrogens is 1. The first-order valence-corrected chi connectivity index (χ1v) is 11.5. The van der Waals surface area contributed by atoms with Gasteiger partial charge in [-0.3, -0.25) is 4.79 Å². The van der Waals surface area contributed by atoms with Gasteiger partial charge in [0.1, 0.15) is 5.82 Å². The van der Waals surface area contributed by atoms with E-state index in [1.54, 1.807) is 0 Å². The van der Waals surface area contributed by atoms with Crippen LogP contribution >= 0.6 is 11.3 Å². The summed E-state index contributed by atoms with van der Waals surface area (Å²) in [7, 11) is -2.64. The van der Waals surface area contributed by atoms with Crippen molar-refractivity contribution in [2.45, 2.75) is 18.4 Å². The molecule has 0 atom stereocenters. The second-order valence-corrected chi connectivity index (χ2v) is 9.82. The normalized spacial score (nSPS) is 11.3. The van der Waals surface area contributed by atoms with E-state index in [0.29, 0.717) is 16.9 Å². The lowest BCUT2D eigenvalue weighted by molar-refractivity contribution is -0.118. The largest absolute Gasteiger partial charge is 0.305 e. The van der Waals surface area contributed by atoms with Crippen LogP contribution in [-0.2, 0) is 21.4 Å². The molecule has 3 aromatic rings. The average molecular weight is 459 g/mol. The van der Waals surface area contributed by atoms with Gasteiger partial charge in [-0.05, 0) is 55.5 Å². The van der Waals surface area contributed by atoms with Crippen LogP contribution in [0.5, 0.6) is 0 Å². The molecule has 0 saturated heterocycles. The summed E-state index contributed by atoms with van der Waals surface area (Å²) >= 11 is 1.44. The second kappa shape index (κ2) is 9.34. The molecule has 1 aromatic heterocycles. The van der Waals surface area contributed by atoms with Gasteiger partial charge >= 0.3 is 0 Å². The minimum atomic E-state index is -3.95. The zero-order valence-electron chi connectivity index (χ0n) is 16.8. The molecule has 2 aromatic carbocycles. The monoisotopic (exact) mass is 458 g/mol. The van der Waals surface area contributed by atoms with Crippen molar-refractivity contribution in [2.75, 3.05) is 18.5 Å². The quantitative estimate of drug-likeness (QED) is 0.541. The molecule has 0 N–H and O–H groups in total. The molecule has 7 nitrogen and oxygen atoms in total. The van der Waals surface area contributed by atoms with Gasteiger partial charge in [-0.1, -0.05) is 0 Å². The van der Waals surface area contributed by atoms with E-state index < -0.39 is 28.3 Å². The number of rotatable bonds is 7. The Morgan fingerprint density at radius 1 is 1.16 bits per heavy atom. The molecule has 0 aliphatic carbocycles. The van der Waals surface area contributed by atoms with E-state index in [2.05, 4.69) is 4.98 Å². The van der Waals surface area contributed by atoms with Gasteiger partial charge < -0.3 is 4.90 Å². The third kappa shape index (κ3) is 5.32. The number of amides is 1. The van der Waals surface area contributed by atoms with Crippen LogP contribution < -0.4 is 4.90 Å². The smallest absolute Gasteiger partial charge is 0.243 e. The summed E-state index contributed by atoms with van der Waals surface area (Å²) in [5.41, 5.74) is 1.41. The number of anilines is 1. The fourth-order valence-electron chi connectivity index (χ4n) is 2.83. The lowest BCUT2D eigenvalue weighted by Gasteiger charge is -2.25. The highest BCUT2D eigenvalue weighted by atomic mass is 32.2. The SMILES string of the molecule is Cc1nc(CN(C(=O)CN(C)S(=O)(=O)c2ccc(C#N)cc2)c2ccc(F)cc2)cs1. The summed E-state index contributed by atoms with van der Waals surface area (Å²) in [5, 5.41) is 11.5. The molecule has 0 fully saturated rings. The number of thiazole rings is 1. The Morgan fingerprint density at radius 2 is 1.81 bits per heavy atom. The maximum absolute atomic E-state index is 13.4. The van der Waals surface area contributed by atoms with Crippen LogP contribution in [0.4, 0.5) is 10.1 Å². The Balaban J connectivity index is 1.84. The van der Waals surface area contributed by atoms with E-state index in [1.807, 2.05) is 18.4 Å². The number of sulfonamides is 1. The van der Waals surface area contributed by atoms with E-state index in [0.717, 1.165) is 9.31 Å². The minimum absolute atomic E-state index is 0.0229. The van der Waals surface area contributed by atoms with Gasteiger partial charge in [0.05, 0.1) is 40.3 Å². The number of hydrogen-bond acceptors (Lipinski definition) is 6. The molecule has 0 unspecified atom stereocenters. The van der Waals surface area contributed by atoms with Crippen LogP contribution in [0.2, 0.25) is 0 Å². The Hall–Kier alpha value is -3.13. The summed E-state index contributed by atoms with van der Waals surface area (Å²) in [6.45, 7) is 1.54. The van der Waals surface area contributed by atoms with Gasteiger partial charge in [-0.2, -0.15) is 9.57 Å². The lowest BCUT2D eigenvalue weighted by atomic mass is 10.2. The maximum Gasteiger partial charge on any atom is 0.243 e. The number of carbonyl (C=O) groups excluding carboxylic acids is 1. The number of aryl methyl sites for hydroxylation is 1. The Labute approximate surface area is 184 Å². The van der Waals surface area contributed by atoms with Crippen molar-refractivity contribution < 1.29 is 17.6 Å². The second-order valence-electron chi connectivity index (χ2n) is 6.71. The molecule has 3 rings (SSSR count). The lowest BCUT2D eigenvalue weighted by Crippen LogP contribution is -2.41. The predicted molar refractivity (Wildman–Crippen MR) is 115 cm³/mol. The van der Waals surface area contributed by atoms with E-state index in [-0.39, 0.29) is 11.4 Å². The van der Waals surface area contributed by atoms with Gasteiger partial charge in [0.25, 0.3) is 0 Å². The molecule has 31 heavy (non-hydrogen) atoms. The van der Waals surface area contributed by atoms with E-state index in [9.17, 15) is 17.6 Å². The van der Waals surface area contributed by atoms with Gasteiger partial charge in [-0.15, -0.1) is 11.3 Å². The molecule has 0 aliphatic heterocycles. The zero-order valence-corrected chi connectivity index (χ0v) is 18.5. The van der Waals surface area contributed by atoms with Crippen LogP contribution in [0, 0.1) is 24.1 Å². The fraction of sp³-hybridized carbons (Fsp3) is 0.190. The van der Waals surface area contributed by atoms with E-state index >= 15 is 0 Å². The number of halogens is 1. The first-order chi connectivity index (χ1) is 14.7.